The van der Waals surface area contributed by atoms with Gasteiger partial charge in [-0.25, -0.2) is 15.0 Å². The molecule has 0 aliphatic heterocycles. The third-order valence-corrected chi connectivity index (χ3v) is 4.15. The number of ether oxygens (including phenoxy) is 2. The van der Waals surface area contributed by atoms with E-state index in [1.54, 1.807) is 18.3 Å². The minimum Gasteiger partial charge on any atom is -0.598 e. The average molecular weight is 375 g/mol. The number of halogens is 1. The van der Waals surface area contributed by atoms with Crippen LogP contribution in [-0.4, -0.2) is 33.2 Å². The molecular weight excluding hydrogens is 360 g/mol. The van der Waals surface area contributed by atoms with Gasteiger partial charge in [-0.3, -0.25) is 0 Å². The maximum Gasteiger partial charge on any atom is 0.278 e. The van der Waals surface area contributed by atoms with Crippen molar-refractivity contribution in [2.75, 3.05) is 13.7 Å². The van der Waals surface area contributed by atoms with Gasteiger partial charge in [0.15, 0.2) is 5.75 Å². The molecule has 0 aliphatic rings. The Morgan fingerprint density at radius 2 is 2.09 bits per heavy atom. The molecule has 2 aromatic heterocycles. The number of methoxy groups -OCH3 is 1. The van der Waals surface area contributed by atoms with Crippen molar-refractivity contribution in [1.82, 2.24) is 15.0 Å². The lowest BCUT2D eigenvalue weighted by atomic mass is 10.3. The van der Waals surface area contributed by atoms with Crippen LogP contribution in [0.1, 0.15) is 12.5 Å². The zero-order chi connectivity index (χ0) is 16.8. The van der Waals surface area contributed by atoms with Gasteiger partial charge in [-0.2, -0.15) is 5.14 Å². The standard InChI is InChI=1S/C13H15ClN4O3S2/c1-3-21-12-13(20-2)18-11(6-16-12)22-10-5-8(7-23(15)19)4-9(14)17-10/h4-6H,3,7,15H2,1-2H3. The van der Waals surface area contributed by atoms with Gasteiger partial charge in [-0.1, -0.05) is 11.6 Å². The van der Waals surface area contributed by atoms with Crippen LogP contribution in [0, 0.1) is 0 Å². The molecule has 2 aromatic rings. The SMILES string of the molecule is CCOc1ncc(Sc2cc(C[S+](N)[O-])cc(Cl)n2)nc1OC. The lowest BCUT2D eigenvalue weighted by Gasteiger charge is -2.09. The molecule has 2 N–H and O–H groups in total. The van der Waals surface area contributed by atoms with Crippen molar-refractivity contribution in [3.05, 3.63) is 29.0 Å². The van der Waals surface area contributed by atoms with Crippen LogP contribution >= 0.6 is 23.4 Å². The van der Waals surface area contributed by atoms with Crippen molar-refractivity contribution < 1.29 is 14.0 Å². The Kier molecular flexibility index (Phi) is 6.72. The number of nitrogens with zero attached hydrogens (tertiary/aromatic N) is 3. The molecule has 0 aliphatic carbocycles. The highest BCUT2D eigenvalue weighted by atomic mass is 35.5. The Labute approximate surface area is 146 Å². The number of aromatic nitrogens is 3. The third kappa shape index (κ3) is 5.40. The number of hydrogen-bond donors (Lipinski definition) is 1. The highest BCUT2D eigenvalue weighted by molar-refractivity contribution is 7.99. The predicted molar refractivity (Wildman–Crippen MR) is 89.2 cm³/mol. The second-order valence-electron chi connectivity index (χ2n) is 4.22. The molecule has 124 valence electrons. The molecule has 0 bridgehead atoms. The number of pyridine rings is 1. The highest BCUT2D eigenvalue weighted by Gasteiger charge is 2.12. The van der Waals surface area contributed by atoms with E-state index >= 15 is 0 Å². The topological polar surface area (TPSA) is 106 Å². The normalized spacial score (nSPS) is 12.0. The Morgan fingerprint density at radius 3 is 2.74 bits per heavy atom. The Morgan fingerprint density at radius 1 is 1.30 bits per heavy atom. The van der Waals surface area contributed by atoms with Crippen molar-refractivity contribution in [3.63, 3.8) is 0 Å². The summed E-state index contributed by atoms with van der Waals surface area (Å²) in [4.78, 5) is 12.7. The molecule has 23 heavy (non-hydrogen) atoms. The summed E-state index contributed by atoms with van der Waals surface area (Å²) >= 11 is 5.78. The molecular formula is C13H15ClN4O3S2. The van der Waals surface area contributed by atoms with Gasteiger partial charge in [0.05, 0.1) is 19.9 Å². The molecule has 0 fully saturated rings. The fourth-order valence-corrected chi connectivity index (χ4v) is 3.27. The first-order valence-corrected chi connectivity index (χ1v) is 9.10. The van der Waals surface area contributed by atoms with Crippen LogP contribution in [0.2, 0.25) is 5.15 Å². The summed E-state index contributed by atoms with van der Waals surface area (Å²) < 4.78 is 21.6. The maximum absolute atomic E-state index is 11.1. The van der Waals surface area contributed by atoms with Gasteiger partial charge >= 0.3 is 0 Å². The number of nitrogens with two attached hydrogens (primary N) is 1. The second kappa shape index (κ2) is 8.55. The Balaban J connectivity index is 2.23. The van der Waals surface area contributed by atoms with E-state index in [0.29, 0.717) is 33.6 Å². The van der Waals surface area contributed by atoms with Gasteiger partial charge in [0.2, 0.25) is 0 Å². The van der Waals surface area contributed by atoms with Crippen LogP contribution in [0.4, 0.5) is 0 Å². The largest absolute Gasteiger partial charge is 0.598 e. The fraction of sp³-hybridized carbons (Fsp3) is 0.308. The van der Waals surface area contributed by atoms with Crippen molar-refractivity contribution in [2.45, 2.75) is 22.7 Å². The molecule has 2 rings (SSSR count). The van der Waals surface area contributed by atoms with E-state index in [0.717, 1.165) is 5.56 Å². The average Bonchev–Trinajstić information content (AvgIpc) is 2.47. The first-order valence-electron chi connectivity index (χ1n) is 6.52. The van der Waals surface area contributed by atoms with E-state index in [2.05, 4.69) is 15.0 Å². The molecule has 0 radical (unpaired) electrons. The second-order valence-corrected chi connectivity index (χ2v) is 6.70. The monoisotopic (exact) mass is 374 g/mol. The molecule has 10 heteroatoms. The molecule has 1 atom stereocenters. The van der Waals surface area contributed by atoms with Crippen LogP contribution in [0.25, 0.3) is 0 Å². The Hall–Kier alpha value is -1.26. The summed E-state index contributed by atoms with van der Waals surface area (Å²) in [7, 11) is 1.49. The number of hydrogen-bond acceptors (Lipinski definition) is 8. The van der Waals surface area contributed by atoms with Crippen molar-refractivity contribution in [3.8, 4) is 11.8 Å². The van der Waals surface area contributed by atoms with E-state index in [4.69, 9.17) is 26.2 Å². The molecule has 0 saturated heterocycles. The van der Waals surface area contributed by atoms with Crippen LogP contribution in [0.3, 0.4) is 0 Å². The minimum atomic E-state index is -1.45. The lowest BCUT2D eigenvalue weighted by molar-refractivity contribution is 0.289. The van der Waals surface area contributed by atoms with E-state index in [1.807, 2.05) is 6.92 Å². The maximum atomic E-state index is 11.1. The van der Waals surface area contributed by atoms with Gasteiger partial charge in [0.1, 0.15) is 15.2 Å². The molecule has 7 nitrogen and oxygen atoms in total. The Bertz CT molecular complexity index is 676. The zero-order valence-corrected chi connectivity index (χ0v) is 14.9. The quantitative estimate of drug-likeness (QED) is 0.580. The molecule has 1 unspecified atom stereocenters. The first kappa shape index (κ1) is 18.1. The molecule has 0 amide bonds. The zero-order valence-electron chi connectivity index (χ0n) is 12.5. The van der Waals surface area contributed by atoms with Crippen molar-refractivity contribution in [2.24, 2.45) is 5.14 Å². The van der Waals surface area contributed by atoms with Crippen LogP contribution in [0.15, 0.2) is 28.4 Å². The predicted octanol–water partition coefficient (Wildman–Crippen LogP) is 2.21. The van der Waals surface area contributed by atoms with Crippen LogP contribution < -0.4 is 14.6 Å². The smallest absolute Gasteiger partial charge is 0.278 e. The summed E-state index contributed by atoms with van der Waals surface area (Å²) in [5.41, 5.74) is 0.735. The molecule has 2 heterocycles. The van der Waals surface area contributed by atoms with E-state index in [-0.39, 0.29) is 5.75 Å². The fourth-order valence-electron chi connectivity index (χ4n) is 1.69. The lowest BCUT2D eigenvalue weighted by Crippen LogP contribution is -2.14. The summed E-state index contributed by atoms with van der Waals surface area (Å²) in [6.07, 6.45) is 1.56. The van der Waals surface area contributed by atoms with Gasteiger partial charge in [0, 0.05) is 16.9 Å². The summed E-state index contributed by atoms with van der Waals surface area (Å²) in [5, 5.41) is 6.77. The van der Waals surface area contributed by atoms with Crippen molar-refractivity contribution >= 4 is 34.7 Å². The number of rotatable bonds is 7. The van der Waals surface area contributed by atoms with E-state index < -0.39 is 11.4 Å². The summed E-state index contributed by atoms with van der Waals surface area (Å²) in [6.45, 7) is 2.32. The van der Waals surface area contributed by atoms with Crippen LogP contribution in [-0.2, 0) is 17.1 Å². The van der Waals surface area contributed by atoms with E-state index in [9.17, 15) is 4.55 Å². The van der Waals surface area contributed by atoms with Crippen LogP contribution in [0.5, 0.6) is 11.8 Å². The highest BCUT2D eigenvalue weighted by Crippen LogP contribution is 2.30. The minimum absolute atomic E-state index is 0.202. The molecule has 0 aromatic carbocycles. The molecule has 0 spiro atoms. The summed E-state index contributed by atoms with van der Waals surface area (Å²) in [5.74, 6) is 0.827. The molecule has 0 saturated carbocycles. The summed E-state index contributed by atoms with van der Waals surface area (Å²) in [6, 6.07) is 3.38. The van der Waals surface area contributed by atoms with Gasteiger partial charge in [0.25, 0.3) is 11.8 Å². The van der Waals surface area contributed by atoms with E-state index in [1.165, 1.54) is 18.9 Å². The van der Waals surface area contributed by atoms with Gasteiger partial charge < -0.3 is 14.0 Å². The third-order valence-electron chi connectivity index (χ3n) is 2.51. The van der Waals surface area contributed by atoms with Gasteiger partial charge in [-0.05, 0) is 30.8 Å². The first-order chi connectivity index (χ1) is 11.0. The van der Waals surface area contributed by atoms with Gasteiger partial charge in [-0.15, -0.1) is 0 Å². The van der Waals surface area contributed by atoms with Crippen molar-refractivity contribution in [1.29, 1.82) is 0 Å².